The lowest BCUT2D eigenvalue weighted by Crippen LogP contribution is -2.27. The van der Waals surface area contributed by atoms with Crippen LogP contribution in [0.1, 0.15) is 11.7 Å². The van der Waals surface area contributed by atoms with E-state index in [1.807, 2.05) is 6.07 Å². The summed E-state index contributed by atoms with van der Waals surface area (Å²) >= 11 is 0. The number of carboxylic acids is 1. The Labute approximate surface area is 168 Å². The van der Waals surface area contributed by atoms with E-state index < -0.39 is 24.3 Å². The van der Waals surface area contributed by atoms with Crippen LogP contribution in [-0.4, -0.2) is 48.7 Å². The number of hydrogen-bond donors (Lipinski definition) is 3. The van der Waals surface area contributed by atoms with Gasteiger partial charge in [0.1, 0.15) is 18.5 Å². The van der Waals surface area contributed by atoms with Gasteiger partial charge in [0.15, 0.2) is 6.10 Å². The summed E-state index contributed by atoms with van der Waals surface area (Å²) in [4.78, 5) is 23.3. The highest BCUT2D eigenvalue weighted by Gasteiger charge is 2.26. The van der Waals surface area contributed by atoms with Crippen molar-refractivity contribution in [3.8, 4) is 5.75 Å². The molecule has 2 aromatic carbocycles. The molecule has 29 heavy (non-hydrogen) atoms. The molecule has 0 saturated carbocycles. The fourth-order valence-corrected chi connectivity index (χ4v) is 2.53. The van der Waals surface area contributed by atoms with Gasteiger partial charge >= 0.3 is 12.1 Å². The van der Waals surface area contributed by atoms with Crippen LogP contribution in [0.4, 0.5) is 10.5 Å². The quantitative estimate of drug-likeness (QED) is 0.524. The molecule has 0 radical (unpaired) electrons. The Bertz CT molecular complexity index is 823. The molecule has 0 unspecified atom stereocenters. The molecule has 0 aliphatic carbocycles. The summed E-state index contributed by atoms with van der Waals surface area (Å²) in [7, 11) is 1.38. The van der Waals surface area contributed by atoms with Gasteiger partial charge < -0.3 is 24.4 Å². The zero-order valence-corrected chi connectivity index (χ0v) is 15.9. The van der Waals surface area contributed by atoms with Crippen LogP contribution in [0.2, 0.25) is 0 Å². The smallest absolute Gasteiger partial charge is 0.412 e. The van der Waals surface area contributed by atoms with Crippen molar-refractivity contribution in [3.05, 3.63) is 72.3 Å². The molecule has 2 aromatic rings. The van der Waals surface area contributed by atoms with Crippen LogP contribution in [0.3, 0.4) is 0 Å². The normalized spacial score (nSPS) is 12.9. The molecule has 1 amide bonds. The van der Waals surface area contributed by atoms with Gasteiger partial charge in [0.05, 0.1) is 6.61 Å². The zero-order valence-electron chi connectivity index (χ0n) is 15.9. The van der Waals surface area contributed by atoms with Crippen molar-refractivity contribution in [1.29, 1.82) is 0 Å². The molecule has 0 heterocycles. The number of carbonyl (C=O) groups excluding carboxylic acids is 1. The van der Waals surface area contributed by atoms with Crippen LogP contribution in [0, 0.1) is 0 Å². The molecule has 154 valence electrons. The van der Waals surface area contributed by atoms with E-state index in [1.165, 1.54) is 13.2 Å². The number of para-hydroxylation sites is 1. The Morgan fingerprint density at radius 2 is 1.90 bits per heavy atom. The third-order valence-corrected chi connectivity index (χ3v) is 3.80. The number of amides is 1. The summed E-state index contributed by atoms with van der Waals surface area (Å²) < 4.78 is 16.3. The standard InChI is InChI=1S/C21H23NO7/c1-27-18(10-11-19(24)25)20(15-6-5-9-17(14-15)28-13-12-23)29-21(26)22-16-7-3-2-4-8-16/h2-11,14,18,20,23H,12-13H2,1H3,(H,22,26)(H,24,25)/b11-10+/t18-,20-/m1/s1. The first-order valence-corrected chi connectivity index (χ1v) is 8.83. The lowest BCUT2D eigenvalue weighted by molar-refractivity contribution is -0.131. The molecule has 0 fully saturated rings. The van der Waals surface area contributed by atoms with Gasteiger partial charge in [-0.3, -0.25) is 5.32 Å². The van der Waals surface area contributed by atoms with E-state index in [0.29, 0.717) is 17.0 Å². The molecular formula is C21H23NO7. The molecule has 0 spiro atoms. The average Bonchev–Trinajstić information content (AvgIpc) is 2.72. The predicted octanol–water partition coefficient (Wildman–Crippen LogP) is 3.00. The molecule has 0 aliphatic heterocycles. The lowest BCUT2D eigenvalue weighted by Gasteiger charge is -2.24. The maximum Gasteiger partial charge on any atom is 0.412 e. The summed E-state index contributed by atoms with van der Waals surface area (Å²) in [5, 5.41) is 20.5. The number of methoxy groups -OCH3 is 1. The number of carbonyl (C=O) groups is 2. The highest BCUT2D eigenvalue weighted by atomic mass is 16.6. The molecule has 2 atom stereocenters. The van der Waals surface area contributed by atoms with Crippen LogP contribution in [0.5, 0.6) is 5.75 Å². The van der Waals surface area contributed by atoms with Crippen LogP contribution in [0.15, 0.2) is 66.7 Å². The first-order chi connectivity index (χ1) is 14.0. The van der Waals surface area contributed by atoms with E-state index in [1.54, 1.807) is 48.5 Å². The molecular weight excluding hydrogens is 378 g/mol. The number of carboxylic acid groups (broad SMARTS) is 1. The molecule has 0 saturated heterocycles. The molecule has 8 heteroatoms. The van der Waals surface area contributed by atoms with E-state index in [-0.39, 0.29) is 13.2 Å². The first-order valence-electron chi connectivity index (χ1n) is 8.83. The summed E-state index contributed by atoms with van der Waals surface area (Å²) in [5.74, 6) is -0.690. The third kappa shape index (κ3) is 7.28. The van der Waals surface area contributed by atoms with Crippen LogP contribution < -0.4 is 10.1 Å². The number of rotatable bonds is 10. The Morgan fingerprint density at radius 1 is 1.14 bits per heavy atom. The van der Waals surface area contributed by atoms with Crippen LogP contribution >= 0.6 is 0 Å². The van der Waals surface area contributed by atoms with Gasteiger partial charge in [-0.15, -0.1) is 0 Å². The molecule has 0 aromatic heterocycles. The van der Waals surface area contributed by atoms with Crippen molar-refractivity contribution in [1.82, 2.24) is 0 Å². The molecule has 2 rings (SSSR count). The predicted molar refractivity (Wildman–Crippen MR) is 106 cm³/mol. The van der Waals surface area contributed by atoms with Gasteiger partial charge in [0.2, 0.25) is 0 Å². The van der Waals surface area contributed by atoms with E-state index in [4.69, 9.17) is 24.4 Å². The van der Waals surface area contributed by atoms with Gasteiger partial charge in [-0.05, 0) is 35.9 Å². The van der Waals surface area contributed by atoms with Crippen LogP contribution in [0.25, 0.3) is 0 Å². The maximum absolute atomic E-state index is 12.4. The Hall–Kier alpha value is -3.36. The number of aliphatic hydroxyl groups is 1. The Morgan fingerprint density at radius 3 is 2.55 bits per heavy atom. The minimum absolute atomic E-state index is 0.107. The average molecular weight is 401 g/mol. The fourth-order valence-electron chi connectivity index (χ4n) is 2.53. The van der Waals surface area contributed by atoms with E-state index in [2.05, 4.69) is 5.32 Å². The van der Waals surface area contributed by atoms with E-state index in [0.717, 1.165) is 6.08 Å². The molecule has 3 N–H and O–H groups in total. The van der Waals surface area contributed by atoms with Crippen molar-refractivity contribution in [2.75, 3.05) is 25.6 Å². The second-order valence-electron chi connectivity index (χ2n) is 5.86. The highest BCUT2D eigenvalue weighted by molar-refractivity contribution is 5.84. The van der Waals surface area contributed by atoms with Gasteiger partial charge in [-0.1, -0.05) is 30.3 Å². The van der Waals surface area contributed by atoms with Crippen molar-refractivity contribution >= 4 is 17.7 Å². The Balaban J connectivity index is 2.27. The minimum Gasteiger partial charge on any atom is -0.491 e. The number of hydrogen-bond acceptors (Lipinski definition) is 6. The molecule has 8 nitrogen and oxygen atoms in total. The number of aliphatic hydroxyl groups excluding tert-OH is 1. The Kier molecular flexibility index (Phi) is 8.68. The molecule has 0 aliphatic rings. The van der Waals surface area contributed by atoms with E-state index >= 15 is 0 Å². The summed E-state index contributed by atoms with van der Waals surface area (Å²) in [6.07, 6.45) is -0.318. The largest absolute Gasteiger partial charge is 0.491 e. The third-order valence-electron chi connectivity index (χ3n) is 3.80. The topological polar surface area (TPSA) is 114 Å². The monoisotopic (exact) mass is 401 g/mol. The SMILES string of the molecule is CO[C@H](/C=C/C(=O)O)[C@H](OC(=O)Nc1ccccc1)c1cccc(OCCO)c1. The lowest BCUT2D eigenvalue weighted by atomic mass is 10.0. The minimum atomic E-state index is -1.15. The first kappa shape index (κ1) is 21.9. The van der Waals surface area contributed by atoms with Crippen LogP contribution in [-0.2, 0) is 14.3 Å². The fraction of sp³-hybridized carbons (Fsp3) is 0.238. The van der Waals surface area contributed by atoms with Crippen molar-refractivity contribution in [2.24, 2.45) is 0 Å². The summed E-state index contributed by atoms with van der Waals surface area (Å²) in [6.45, 7) is -0.0399. The summed E-state index contributed by atoms with van der Waals surface area (Å²) in [5.41, 5.74) is 1.08. The number of aliphatic carboxylic acids is 1. The van der Waals surface area contributed by atoms with Crippen molar-refractivity contribution < 1.29 is 34.0 Å². The maximum atomic E-state index is 12.4. The number of anilines is 1. The number of nitrogens with one attached hydrogen (secondary N) is 1. The van der Waals surface area contributed by atoms with Gasteiger partial charge in [0.25, 0.3) is 0 Å². The zero-order chi connectivity index (χ0) is 21.1. The highest BCUT2D eigenvalue weighted by Crippen LogP contribution is 2.28. The van der Waals surface area contributed by atoms with Crippen molar-refractivity contribution in [2.45, 2.75) is 12.2 Å². The van der Waals surface area contributed by atoms with Gasteiger partial charge in [-0.25, -0.2) is 9.59 Å². The molecule has 0 bridgehead atoms. The van der Waals surface area contributed by atoms with E-state index in [9.17, 15) is 9.59 Å². The van der Waals surface area contributed by atoms with Gasteiger partial charge in [-0.2, -0.15) is 0 Å². The number of benzene rings is 2. The second kappa shape index (κ2) is 11.5. The van der Waals surface area contributed by atoms with Gasteiger partial charge in [0, 0.05) is 18.9 Å². The summed E-state index contributed by atoms with van der Waals surface area (Å²) in [6, 6.07) is 15.5. The van der Waals surface area contributed by atoms with Crippen molar-refractivity contribution in [3.63, 3.8) is 0 Å². The number of ether oxygens (including phenoxy) is 3. The second-order valence-corrected chi connectivity index (χ2v) is 5.86.